The Labute approximate surface area is 117 Å². The molecule has 108 valence electrons. The first-order chi connectivity index (χ1) is 9.47. The van der Waals surface area contributed by atoms with E-state index in [1.54, 1.807) is 19.3 Å². The van der Waals surface area contributed by atoms with Gasteiger partial charge in [0, 0.05) is 31.4 Å². The molecule has 1 amide bonds. The van der Waals surface area contributed by atoms with Crippen LogP contribution in [0.3, 0.4) is 0 Å². The molecule has 2 aliphatic rings. The minimum atomic E-state index is -1.12. The van der Waals surface area contributed by atoms with Gasteiger partial charge in [0.25, 0.3) is 5.91 Å². The molecule has 6 heteroatoms. The zero-order chi connectivity index (χ0) is 14.3. The summed E-state index contributed by atoms with van der Waals surface area (Å²) in [6.07, 6.45) is 4.80. The fraction of sp³-hybridized carbons (Fsp3) is 0.643. The zero-order valence-electron chi connectivity index (χ0n) is 11.5. The summed E-state index contributed by atoms with van der Waals surface area (Å²) in [6, 6.07) is 0. The van der Waals surface area contributed by atoms with Gasteiger partial charge >= 0.3 is 0 Å². The number of carbonyl (C=O) groups excluding carboxylic acids is 1. The van der Waals surface area contributed by atoms with E-state index >= 15 is 0 Å². The summed E-state index contributed by atoms with van der Waals surface area (Å²) in [5, 5.41) is 19.8. The van der Waals surface area contributed by atoms with Crippen LogP contribution < -0.4 is 0 Å². The summed E-state index contributed by atoms with van der Waals surface area (Å²) in [5.41, 5.74) is -0.688. The molecule has 1 aliphatic heterocycles. The molecule has 0 radical (unpaired) electrons. The quantitative estimate of drug-likeness (QED) is 0.812. The normalized spacial score (nSPS) is 30.4. The topological polar surface area (TPSA) is 86.5 Å². The van der Waals surface area contributed by atoms with E-state index in [4.69, 9.17) is 0 Å². The van der Waals surface area contributed by atoms with Crippen LogP contribution in [0.1, 0.15) is 48.3 Å². The molecule has 2 heterocycles. The molecular weight excluding hydrogens is 258 g/mol. The van der Waals surface area contributed by atoms with Crippen molar-refractivity contribution >= 4 is 5.91 Å². The molecule has 3 rings (SSSR count). The molecule has 0 aromatic carbocycles. The highest BCUT2D eigenvalue weighted by molar-refractivity contribution is 5.93. The minimum absolute atomic E-state index is 0.135. The molecule has 2 N–H and O–H groups in total. The maximum absolute atomic E-state index is 12.3. The second-order valence-corrected chi connectivity index (χ2v) is 5.98. The fourth-order valence-corrected chi connectivity index (χ4v) is 2.39. The first kappa shape index (κ1) is 13.5. The van der Waals surface area contributed by atoms with Gasteiger partial charge in [0.1, 0.15) is 5.82 Å². The number of likely N-dealkylation sites (tertiary alicyclic amines) is 1. The maximum atomic E-state index is 12.3. The van der Waals surface area contributed by atoms with Gasteiger partial charge in [0.2, 0.25) is 0 Å². The number of aromatic nitrogens is 2. The molecule has 20 heavy (non-hydrogen) atoms. The molecule has 1 aliphatic carbocycles. The molecule has 0 bridgehead atoms. The third-order valence-electron chi connectivity index (χ3n) is 4.15. The molecule has 1 saturated heterocycles. The largest absolute Gasteiger partial charge is 0.388 e. The lowest BCUT2D eigenvalue weighted by Gasteiger charge is -2.39. The highest BCUT2D eigenvalue weighted by Gasteiger charge is 2.38. The van der Waals surface area contributed by atoms with Gasteiger partial charge < -0.3 is 15.1 Å². The third kappa shape index (κ3) is 2.53. The molecular formula is C14H19N3O3. The van der Waals surface area contributed by atoms with Crippen LogP contribution in [-0.4, -0.2) is 55.8 Å². The molecule has 2 atom stereocenters. The fourth-order valence-electron chi connectivity index (χ4n) is 2.39. The van der Waals surface area contributed by atoms with E-state index in [0.29, 0.717) is 24.4 Å². The lowest BCUT2D eigenvalue weighted by molar-refractivity contribution is -0.0999. The van der Waals surface area contributed by atoms with Crippen molar-refractivity contribution in [3.63, 3.8) is 0 Å². The number of hydrogen-bond acceptors (Lipinski definition) is 5. The van der Waals surface area contributed by atoms with Crippen LogP contribution in [0.25, 0.3) is 0 Å². The van der Waals surface area contributed by atoms with Gasteiger partial charge in [-0.15, -0.1) is 0 Å². The Morgan fingerprint density at radius 3 is 2.60 bits per heavy atom. The van der Waals surface area contributed by atoms with Crippen LogP contribution in [0.2, 0.25) is 0 Å². The summed E-state index contributed by atoms with van der Waals surface area (Å²) in [7, 11) is 0. The first-order valence-electron chi connectivity index (χ1n) is 6.99. The van der Waals surface area contributed by atoms with Gasteiger partial charge in [-0.05, 0) is 26.2 Å². The number of aliphatic hydroxyl groups is 2. The summed E-state index contributed by atoms with van der Waals surface area (Å²) in [5.74, 6) is 1.08. The molecule has 0 spiro atoms. The average Bonchev–Trinajstić information content (AvgIpc) is 3.26. The lowest BCUT2D eigenvalue weighted by atomic mass is 9.90. The first-order valence-corrected chi connectivity index (χ1v) is 6.99. The number of nitrogens with zero attached hydrogens (tertiary/aromatic N) is 3. The number of carbonyl (C=O) groups is 1. The molecule has 1 saturated carbocycles. The summed E-state index contributed by atoms with van der Waals surface area (Å²) >= 11 is 0. The Kier molecular flexibility index (Phi) is 3.22. The lowest BCUT2D eigenvalue weighted by Crippen LogP contribution is -2.55. The van der Waals surface area contributed by atoms with Gasteiger partial charge in [-0.25, -0.2) is 9.97 Å². The second-order valence-electron chi connectivity index (χ2n) is 5.98. The average molecular weight is 277 g/mol. The van der Waals surface area contributed by atoms with E-state index in [2.05, 4.69) is 9.97 Å². The Morgan fingerprint density at radius 2 is 2.05 bits per heavy atom. The molecule has 2 fully saturated rings. The predicted molar refractivity (Wildman–Crippen MR) is 71.2 cm³/mol. The highest BCUT2D eigenvalue weighted by atomic mass is 16.3. The van der Waals surface area contributed by atoms with E-state index in [-0.39, 0.29) is 12.5 Å². The van der Waals surface area contributed by atoms with Crippen molar-refractivity contribution in [1.82, 2.24) is 14.9 Å². The number of aliphatic hydroxyl groups excluding tert-OH is 1. The monoisotopic (exact) mass is 277 g/mol. The summed E-state index contributed by atoms with van der Waals surface area (Å²) < 4.78 is 0. The SMILES string of the molecule is C[C@]1(O)CCN(C(=O)c2cnc(C3CC3)nc2)C[C@@H]1O. The third-order valence-corrected chi connectivity index (χ3v) is 4.15. The van der Waals surface area contributed by atoms with Crippen LogP contribution in [-0.2, 0) is 0 Å². The molecule has 1 aromatic rings. The van der Waals surface area contributed by atoms with Crippen molar-refractivity contribution in [3.05, 3.63) is 23.8 Å². The van der Waals surface area contributed by atoms with Crippen molar-refractivity contribution < 1.29 is 15.0 Å². The highest BCUT2D eigenvalue weighted by Crippen LogP contribution is 2.37. The number of amides is 1. The van der Waals surface area contributed by atoms with Crippen molar-refractivity contribution in [2.75, 3.05) is 13.1 Å². The van der Waals surface area contributed by atoms with Gasteiger partial charge in [-0.2, -0.15) is 0 Å². The number of rotatable bonds is 2. The van der Waals surface area contributed by atoms with E-state index in [1.807, 2.05) is 0 Å². The standard InChI is InChI=1S/C14H19N3O3/c1-14(20)4-5-17(8-11(14)18)13(19)10-6-15-12(16-7-10)9-2-3-9/h6-7,9,11,18,20H,2-5,8H2,1H3/t11-,14-/m0/s1. The number of β-amino-alcohol motifs (C(OH)–C–C–N with tert-alkyl or cyclic N) is 1. The van der Waals surface area contributed by atoms with Crippen molar-refractivity contribution in [1.29, 1.82) is 0 Å². The van der Waals surface area contributed by atoms with Crippen LogP contribution in [0.5, 0.6) is 0 Å². The van der Waals surface area contributed by atoms with Crippen LogP contribution >= 0.6 is 0 Å². The van der Waals surface area contributed by atoms with Gasteiger partial charge in [0.15, 0.2) is 0 Å². The van der Waals surface area contributed by atoms with Crippen LogP contribution in [0.4, 0.5) is 0 Å². The molecule has 0 unspecified atom stereocenters. The van der Waals surface area contributed by atoms with Crippen molar-refractivity contribution in [3.8, 4) is 0 Å². The number of piperidine rings is 1. The van der Waals surface area contributed by atoms with Crippen molar-refractivity contribution in [2.45, 2.75) is 43.8 Å². The van der Waals surface area contributed by atoms with E-state index < -0.39 is 11.7 Å². The van der Waals surface area contributed by atoms with Gasteiger partial charge in [-0.1, -0.05) is 0 Å². The summed E-state index contributed by atoms with van der Waals surface area (Å²) in [4.78, 5) is 22.3. The van der Waals surface area contributed by atoms with Crippen LogP contribution in [0, 0.1) is 0 Å². The van der Waals surface area contributed by atoms with E-state index in [0.717, 1.165) is 18.7 Å². The van der Waals surface area contributed by atoms with Crippen molar-refractivity contribution in [2.24, 2.45) is 0 Å². The van der Waals surface area contributed by atoms with E-state index in [9.17, 15) is 15.0 Å². The van der Waals surface area contributed by atoms with E-state index in [1.165, 1.54) is 4.90 Å². The Balaban J connectivity index is 1.69. The van der Waals surface area contributed by atoms with Crippen LogP contribution in [0.15, 0.2) is 12.4 Å². The minimum Gasteiger partial charge on any atom is -0.388 e. The smallest absolute Gasteiger partial charge is 0.257 e. The Morgan fingerprint density at radius 1 is 1.40 bits per heavy atom. The predicted octanol–water partition coefficient (Wildman–Crippen LogP) is 0.312. The van der Waals surface area contributed by atoms with Gasteiger partial charge in [0.05, 0.1) is 17.3 Å². The second kappa shape index (κ2) is 4.79. The molecule has 6 nitrogen and oxygen atoms in total. The Hall–Kier alpha value is -1.53. The van der Waals surface area contributed by atoms with Gasteiger partial charge in [-0.3, -0.25) is 4.79 Å². The molecule has 1 aromatic heterocycles. The summed E-state index contributed by atoms with van der Waals surface area (Å²) in [6.45, 7) is 2.15. The maximum Gasteiger partial charge on any atom is 0.257 e. The number of hydrogen-bond donors (Lipinski definition) is 2. The zero-order valence-corrected chi connectivity index (χ0v) is 11.5. The Bertz CT molecular complexity index is 511.